The van der Waals surface area contributed by atoms with E-state index in [1.165, 1.54) is 0 Å². The fourth-order valence-electron chi connectivity index (χ4n) is 2.31. The van der Waals surface area contributed by atoms with Gasteiger partial charge in [-0.1, -0.05) is 40.2 Å². The standard InChI is InChI=1S/C18H15BrF3NO4/c19-13-7-1-10(2-8-13)9-14(17(26)27)23-16(25)15(24)11-3-5-12(6-4-11)18(20,21)22/h1-8,14-15,24H,9H2,(H,23,25)(H,26,27)/t14-,15-/m0/s1. The van der Waals surface area contributed by atoms with Gasteiger partial charge in [0, 0.05) is 10.9 Å². The Morgan fingerprint density at radius 1 is 1.04 bits per heavy atom. The van der Waals surface area contributed by atoms with Crippen molar-refractivity contribution >= 4 is 27.8 Å². The predicted octanol–water partition coefficient (Wildman–Crippen LogP) is 3.31. The summed E-state index contributed by atoms with van der Waals surface area (Å²) in [7, 11) is 0. The molecule has 1 amide bonds. The average Bonchev–Trinajstić information content (AvgIpc) is 2.61. The van der Waals surface area contributed by atoms with Crippen LogP contribution in [-0.2, 0) is 22.2 Å². The number of benzene rings is 2. The van der Waals surface area contributed by atoms with Crippen LogP contribution < -0.4 is 5.32 Å². The highest BCUT2D eigenvalue weighted by molar-refractivity contribution is 9.10. The number of alkyl halides is 3. The lowest BCUT2D eigenvalue weighted by molar-refractivity contribution is -0.143. The van der Waals surface area contributed by atoms with Gasteiger partial charge in [0.2, 0.25) is 0 Å². The van der Waals surface area contributed by atoms with Crippen LogP contribution in [0.1, 0.15) is 22.8 Å². The van der Waals surface area contributed by atoms with Gasteiger partial charge in [-0.25, -0.2) is 4.79 Å². The Bertz CT molecular complexity index is 807. The molecule has 0 aliphatic rings. The van der Waals surface area contributed by atoms with E-state index in [4.69, 9.17) is 0 Å². The molecule has 0 aliphatic carbocycles. The summed E-state index contributed by atoms with van der Waals surface area (Å²) in [6, 6.07) is 8.90. The molecule has 0 fully saturated rings. The molecule has 2 rings (SSSR count). The Balaban J connectivity index is 2.07. The molecule has 0 spiro atoms. The Kier molecular flexibility index (Phi) is 6.61. The first-order valence-electron chi connectivity index (χ1n) is 7.71. The van der Waals surface area contributed by atoms with E-state index in [1.54, 1.807) is 24.3 Å². The maximum Gasteiger partial charge on any atom is 0.416 e. The molecule has 0 unspecified atom stereocenters. The summed E-state index contributed by atoms with van der Waals surface area (Å²) in [5.41, 5.74) is -0.347. The molecule has 0 bridgehead atoms. The lowest BCUT2D eigenvalue weighted by Crippen LogP contribution is -2.44. The zero-order chi connectivity index (χ0) is 20.2. The number of amides is 1. The van der Waals surface area contributed by atoms with Gasteiger partial charge in [-0.15, -0.1) is 0 Å². The van der Waals surface area contributed by atoms with Crippen LogP contribution in [0.5, 0.6) is 0 Å². The SMILES string of the molecule is O=C(O)[C@H](Cc1ccc(Br)cc1)NC(=O)[C@@H](O)c1ccc(C(F)(F)F)cc1. The third-order valence-corrected chi connectivity index (χ3v) is 4.30. The van der Waals surface area contributed by atoms with Gasteiger partial charge < -0.3 is 15.5 Å². The van der Waals surface area contributed by atoms with Crippen molar-refractivity contribution in [1.29, 1.82) is 0 Å². The second-order valence-electron chi connectivity index (χ2n) is 5.75. The fourth-order valence-corrected chi connectivity index (χ4v) is 2.58. The van der Waals surface area contributed by atoms with Crippen LogP contribution in [0, 0.1) is 0 Å². The number of carbonyl (C=O) groups excluding carboxylic acids is 1. The van der Waals surface area contributed by atoms with Gasteiger partial charge in [0.05, 0.1) is 5.56 Å². The number of aliphatic carboxylic acids is 1. The maximum atomic E-state index is 12.6. The molecule has 9 heteroatoms. The van der Waals surface area contributed by atoms with E-state index in [9.17, 15) is 33.0 Å². The van der Waals surface area contributed by atoms with Crippen molar-refractivity contribution in [2.45, 2.75) is 24.7 Å². The van der Waals surface area contributed by atoms with Crippen molar-refractivity contribution in [3.05, 3.63) is 69.7 Å². The number of hydrogen-bond acceptors (Lipinski definition) is 3. The molecule has 0 aromatic heterocycles. The van der Waals surface area contributed by atoms with Crippen molar-refractivity contribution in [1.82, 2.24) is 5.32 Å². The summed E-state index contributed by atoms with van der Waals surface area (Å²) in [6.07, 6.45) is -6.35. The van der Waals surface area contributed by atoms with Crippen molar-refractivity contribution in [3.8, 4) is 0 Å². The minimum atomic E-state index is -4.54. The third-order valence-electron chi connectivity index (χ3n) is 3.77. The van der Waals surface area contributed by atoms with Crippen LogP contribution in [0.25, 0.3) is 0 Å². The first kappa shape index (κ1) is 20.9. The summed E-state index contributed by atoms with van der Waals surface area (Å²) >= 11 is 3.25. The van der Waals surface area contributed by atoms with Crippen LogP contribution in [0.2, 0.25) is 0 Å². The quantitative estimate of drug-likeness (QED) is 0.636. The minimum absolute atomic E-state index is 0.0198. The molecule has 27 heavy (non-hydrogen) atoms. The highest BCUT2D eigenvalue weighted by Crippen LogP contribution is 2.30. The molecule has 2 aromatic carbocycles. The van der Waals surface area contributed by atoms with Crippen LogP contribution >= 0.6 is 15.9 Å². The highest BCUT2D eigenvalue weighted by atomic mass is 79.9. The van der Waals surface area contributed by atoms with Gasteiger partial charge in [-0.2, -0.15) is 13.2 Å². The molecule has 2 aromatic rings. The lowest BCUT2D eigenvalue weighted by Gasteiger charge is -2.18. The van der Waals surface area contributed by atoms with Crippen molar-refractivity contribution < 1.29 is 33.0 Å². The second kappa shape index (κ2) is 8.53. The largest absolute Gasteiger partial charge is 0.480 e. The molecule has 0 saturated heterocycles. The molecule has 2 atom stereocenters. The lowest BCUT2D eigenvalue weighted by atomic mass is 10.0. The molecular formula is C18H15BrF3NO4. The number of hydrogen-bond donors (Lipinski definition) is 3. The Morgan fingerprint density at radius 2 is 1.59 bits per heavy atom. The summed E-state index contributed by atoms with van der Waals surface area (Å²) in [6.45, 7) is 0. The zero-order valence-corrected chi connectivity index (χ0v) is 15.3. The third kappa shape index (κ3) is 5.80. The molecule has 5 nitrogen and oxygen atoms in total. The topological polar surface area (TPSA) is 86.6 Å². The maximum absolute atomic E-state index is 12.6. The molecule has 0 aliphatic heterocycles. The molecule has 0 heterocycles. The fraction of sp³-hybridized carbons (Fsp3) is 0.222. The summed E-state index contributed by atoms with van der Waals surface area (Å²) in [5, 5.41) is 21.5. The van der Waals surface area contributed by atoms with E-state index in [2.05, 4.69) is 21.2 Å². The summed E-state index contributed by atoms with van der Waals surface area (Å²) < 4.78 is 38.5. The first-order valence-corrected chi connectivity index (χ1v) is 8.50. The van der Waals surface area contributed by atoms with Gasteiger partial charge in [0.1, 0.15) is 6.04 Å². The van der Waals surface area contributed by atoms with E-state index in [1.807, 2.05) is 0 Å². The van der Waals surface area contributed by atoms with E-state index >= 15 is 0 Å². The van der Waals surface area contributed by atoms with Crippen molar-refractivity contribution in [2.75, 3.05) is 0 Å². The molecule has 144 valence electrons. The molecular weight excluding hydrogens is 431 g/mol. The number of aliphatic hydroxyl groups excluding tert-OH is 1. The van der Waals surface area contributed by atoms with Gasteiger partial charge >= 0.3 is 12.1 Å². The zero-order valence-electron chi connectivity index (χ0n) is 13.7. The van der Waals surface area contributed by atoms with Crippen LogP contribution in [-0.4, -0.2) is 28.1 Å². The van der Waals surface area contributed by atoms with E-state index in [-0.39, 0.29) is 12.0 Å². The average molecular weight is 446 g/mol. The molecule has 0 saturated carbocycles. The van der Waals surface area contributed by atoms with Crippen LogP contribution in [0.4, 0.5) is 13.2 Å². The van der Waals surface area contributed by atoms with Crippen molar-refractivity contribution in [3.63, 3.8) is 0 Å². The Labute approximate surface area is 161 Å². The summed E-state index contributed by atoms with van der Waals surface area (Å²) in [5.74, 6) is -2.31. The van der Waals surface area contributed by atoms with Gasteiger partial charge in [-0.3, -0.25) is 4.79 Å². The van der Waals surface area contributed by atoms with Crippen LogP contribution in [0.15, 0.2) is 53.0 Å². The van der Waals surface area contributed by atoms with Gasteiger partial charge in [0.25, 0.3) is 5.91 Å². The number of nitrogens with one attached hydrogen (secondary N) is 1. The highest BCUT2D eigenvalue weighted by Gasteiger charge is 2.31. The van der Waals surface area contributed by atoms with Crippen LogP contribution in [0.3, 0.4) is 0 Å². The monoisotopic (exact) mass is 445 g/mol. The van der Waals surface area contributed by atoms with E-state index in [0.29, 0.717) is 5.56 Å². The number of carboxylic acid groups (broad SMARTS) is 1. The normalized spacial score (nSPS) is 13.7. The Hall–Kier alpha value is -2.39. The number of carboxylic acids is 1. The summed E-state index contributed by atoms with van der Waals surface area (Å²) in [4.78, 5) is 23.5. The van der Waals surface area contributed by atoms with E-state index in [0.717, 1.165) is 28.7 Å². The number of carbonyl (C=O) groups is 2. The number of aliphatic hydroxyl groups is 1. The second-order valence-corrected chi connectivity index (χ2v) is 6.67. The molecule has 3 N–H and O–H groups in total. The van der Waals surface area contributed by atoms with Gasteiger partial charge in [0.15, 0.2) is 6.10 Å². The number of rotatable bonds is 6. The number of halogens is 4. The molecule has 0 radical (unpaired) electrons. The smallest absolute Gasteiger partial charge is 0.416 e. The predicted molar refractivity (Wildman–Crippen MR) is 93.8 cm³/mol. The van der Waals surface area contributed by atoms with Gasteiger partial charge in [-0.05, 0) is 35.4 Å². The first-order chi connectivity index (χ1) is 12.6. The van der Waals surface area contributed by atoms with E-state index < -0.39 is 35.8 Å². The Morgan fingerprint density at radius 3 is 2.07 bits per heavy atom. The van der Waals surface area contributed by atoms with Crippen molar-refractivity contribution in [2.24, 2.45) is 0 Å². The minimum Gasteiger partial charge on any atom is -0.480 e.